The van der Waals surface area contributed by atoms with Crippen LogP contribution in [0.15, 0.2) is 78.9 Å². The quantitative estimate of drug-likeness (QED) is 0.497. The molecule has 34 heavy (non-hydrogen) atoms. The molecule has 1 aliphatic rings. The fourth-order valence-electron chi connectivity index (χ4n) is 3.66. The fourth-order valence-corrected chi connectivity index (χ4v) is 3.66. The Morgan fingerprint density at radius 2 is 1.41 bits per heavy atom. The van der Waals surface area contributed by atoms with Crippen molar-refractivity contribution in [3.8, 4) is 11.5 Å². The highest BCUT2D eigenvalue weighted by Crippen LogP contribution is 2.32. The summed E-state index contributed by atoms with van der Waals surface area (Å²) in [5, 5.41) is 17.0. The minimum Gasteiger partial charge on any atom is -0.548 e. The number of fused-ring (bicyclic) bond motifs is 1. The van der Waals surface area contributed by atoms with Crippen molar-refractivity contribution < 1.29 is 29.0 Å². The zero-order chi connectivity index (χ0) is 23.9. The van der Waals surface area contributed by atoms with E-state index in [1.165, 1.54) is 0 Å². The molecular formula is C26H23N2O6-. The second kappa shape index (κ2) is 10.5. The Hall–Kier alpha value is -4.33. The number of carbonyl (C=O) groups excluding carboxylic acids is 3. The van der Waals surface area contributed by atoms with Gasteiger partial charge >= 0.3 is 0 Å². The van der Waals surface area contributed by atoms with Crippen LogP contribution in [0.4, 0.5) is 0 Å². The minimum absolute atomic E-state index is 0.0539. The van der Waals surface area contributed by atoms with Gasteiger partial charge in [-0.2, -0.15) is 0 Å². The Morgan fingerprint density at radius 3 is 2.12 bits per heavy atom. The van der Waals surface area contributed by atoms with Crippen molar-refractivity contribution in [3.63, 3.8) is 0 Å². The lowest BCUT2D eigenvalue weighted by Crippen LogP contribution is -2.55. The molecule has 0 aromatic heterocycles. The van der Waals surface area contributed by atoms with E-state index in [1.807, 2.05) is 6.07 Å². The summed E-state index contributed by atoms with van der Waals surface area (Å²) in [4.78, 5) is 37.7. The van der Waals surface area contributed by atoms with Gasteiger partial charge in [0.15, 0.2) is 11.5 Å². The number of nitrogens with one attached hydrogen (secondary N) is 2. The molecule has 8 nitrogen and oxygen atoms in total. The molecule has 4 rings (SSSR count). The van der Waals surface area contributed by atoms with Crippen LogP contribution in [-0.4, -0.2) is 36.7 Å². The molecule has 0 saturated carbocycles. The number of carbonyl (C=O) groups is 3. The van der Waals surface area contributed by atoms with E-state index in [4.69, 9.17) is 9.47 Å². The van der Waals surface area contributed by atoms with Crippen molar-refractivity contribution in [2.24, 2.45) is 0 Å². The van der Waals surface area contributed by atoms with E-state index in [-0.39, 0.29) is 19.6 Å². The number of rotatable bonds is 9. The lowest BCUT2D eigenvalue weighted by atomic mass is 10.0. The smallest absolute Gasteiger partial charge is 0.251 e. The Morgan fingerprint density at radius 1 is 0.765 bits per heavy atom. The van der Waals surface area contributed by atoms with E-state index in [0.717, 1.165) is 5.56 Å². The van der Waals surface area contributed by atoms with Crippen LogP contribution in [0.5, 0.6) is 11.5 Å². The third-order valence-electron chi connectivity index (χ3n) is 5.42. The summed E-state index contributed by atoms with van der Waals surface area (Å²) in [6.45, 7) is 0.111. The van der Waals surface area contributed by atoms with Gasteiger partial charge in [0.1, 0.15) is 6.04 Å². The molecular weight excluding hydrogens is 436 g/mol. The molecule has 0 spiro atoms. The fraction of sp³-hybridized carbons (Fsp3) is 0.192. The lowest BCUT2D eigenvalue weighted by molar-refractivity contribution is -0.308. The van der Waals surface area contributed by atoms with Crippen molar-refractivity contribution in [1.29, 1.82) is 0 Å². The van der Waals surface area contributed by atoms with Crippen LogP contribution in [0.1, 0.15) is 21.5 Å². The molecule has 0 radical (unpaired) electrons. The summed E-state index contributed by atoms with van der Waals surface area (Å²) in [7, 11) is 0. The number of benzene rings is 3. The maximum atomic E-state index is 13.2. The number of carboxylic acid groups (broad SMARTS) is 1. The first-order valence-electron chi connectivity index (χ1n) is 10.8. The summed E-state index contributed by atoms with van der Waals surface area (Å²) >= 11 is 0. The van der Waals surface area contributed by atoms with Gasteiger partial charge in [0, 0.05) is 12.0 Å². The third-order valence-corrected chi connectivity index (χ3v) is 5.42. The molecule has 0 fully saturated rings. The van der Waals surface area contributed by atoms with Crippen LogP contribution < -0.4 is 25.2 Å². The van der Waals surface area contributed by atoms with Gasteiger partial charge in [-0.3, -0.25) is 9.59 Å². The number of amides is 2. The first-order valence-corrected chi connectivity index (χ1v) is 10.8. The van der Waals surface area contributed by atoms with Gasteiger partial charge in [-0.1, -0.05) is 54.6 Å². The molecule has 2 amide bonds. The number of carboxylic acids is 1. The van der Waals surface area contributed by atoms with Crippen LogP contribution >= 0.6 is 0 Å². The van der Waals surface area contributed by atoms with Gasteiger partial charge in [-0.05, 0) is 41.8 Å². The molecule has 3 aromatic carbocycles. The zero-order valence-corrected chi connectivity index (χ0v) is 18.2. The lowest BCUT2D eigenvalue weighted by Gasteiger charge is -2.24. The predicted molar refractivity (Wildman–Crippen MR) is 121 cm³/mol. The highest BCUT2D eigenvalue weighted by molar-refractivity contribution is 5.98. The monoisotopic (exact) mass is 459 g/mol. The van der Waals surface area contributed by atoms with Crippen LogP contribution in [0, 0.1) is 0 Å². The van der Waals surface area contributed by atoms with Gasteiger partial charge in [0.25, 0.3) is 5.91 Å². The summed E-state index contributed by atoms with van der Waals surface area (Å²) in [5.41, 5.74) is 1.83. The van der Waals surface area contributed by atoms with Crippen molar-refractivity contribution in [2.45, 2.75) is 24.9 Å². The molecule has 8 heteroatoms. The normalized spacial score (nSPS) is 13.5. The zero-order valence-electron chi connectivity index (χ0n) is 18.2. The first-order chi connectivity index (χ1) is 16.5. The van der Waals surface area contributed by atoms with Gasteiger partial charge in [0.2, 0.25) is 12.7 Å². The second-order valence-electron chi connectivity index (χ2n) is 7.85. The van der Waals surface area contributed by atoms with Crippen LogP contribution in [-0.2, 0) is 22.4 Å². The Balaban J connectivity index is 1.53. The van der Waals surface area contributed by atoms with Crippen LogP contribution in [0.25, 0.3) is 0 Å². The molecule has 0 aliphatic carbocycles. The van der Waals surface area contributed by atoms with Crippen LogP contribution in [0.3, 0.4) is 0 Å². The molecule has 174 valence electrons. The summed E-state index contributed by atoms with van der Waals surface area (Å²) in [6, 6.07) is 20.3. The van der Waals surface area contributed by atoms with Crippen molar-refractivity contribution >= 4 is 17.8 Å². The molecule has 2 atom stereocenters. The minimum atomic E-state index is -1.41. The highest BCUT2D eigenvalue weighted by Gasteiger charge is 2.26. The van der Waals surface area contributed by atoms with E-state index >= 15 is 0 Å². The van der Waals surface area contributed by atoms with E-state index in [0.29, 0.717) is 22.6 Å². The van der Waals surface area contributed by atoms with Gasteiger partial charge in [-0.15, -0.1) is 0 Å². The SMILES string of the molecule is O=C(N[C@@H](Cc1ccc2c(c1)OCO2)C(=O)N[C@@H](Cc1ccccc1)C(=O)[O-])c1ccccc1. The maximum Gasteiger partial charge on any atom is 0.251 e. The van der Waals surface area contributed by atoms with Crippen molar-refractivity contribution in [3.05, 3.63) is 95.6 Å². The molecule has 0 saturated heterocycles. The number of hydrogen-bond acceptors (Lipinski definition) is 6. The largest absolute Gasteiger partial charge is 0.548 e. The molecule has 0 bridgehead atoms. The Bertz CT molecular complexity index is 1170. The van der Waals surface area contributed by atoms with Gasteiger partial charge in [0.05, 0.1) is 12.0 Å². The first kappa shape index (κ1) is 22.8. The van der Waals surface area contributed by atoms with Crippen molar-refractivity contribution in [1.82, 2.24) is 10.6 Å². The Labute approximate surface area is 196 Å². The maximum absolute atomic E-state index is 13.2. The topological polar surface area (TPSA) is 117 Å². The number of aliphatic carboxylic acids is 1. The molecule has 2 N–H and O–H groups in total. The standard InChI is InChI=1S/C26H24N2O6/c29-24(19-9-5-2-6-10-19)27-20(14-18-11-12-22-23(15-18)34-16-33-22)25(30)28-21(26(31)32)13-17-7-3-1-4-8-17/h1-12,15,20-21H,13-14,16H2,(H,27,29)(H,28,30)(H,31,32)/p-1/t20-,21-/m0/s1. The second-order valence-corrected chi connectivity index (χ2v) is 7.85. The van der Waals surface area contributed by atoms with E-state index < -0.39 is 29.9 Å². The molecule has 3 aromatic rings. The number of hydrogen-bond donors (Lipinski definition) is 2. The highest BCUT2D eigenvalue weighted by atomic mass is 16.7. The molecule has 1 aliphatic heterocycles. The number of ether oxygens (including phenoxy) is 2. The van der Waals surface area contributed by atoms with Crippen LogP contribution in [0.2, 0.25) is 0 Å². The third kappa shape index (κ3) is 5.72. The van der Waals surface area contributed by atoms with E-state index in [1.54, 1.807) is 72.8 Å². The van der Waals surface area contributed by atoms with E-state index in [2.05, 4.69) is 10.6 Å². The average Bonchev–Trinajstić information content (AvgIpc) is 3.32. The summed E-state index contributed by atoms with van der Waals surface area (Å²) < 4.78 is 10.7. The van der Waals surface area contributed by atoms with Gasteiger partial charge < -0.3 is 30.0 Å². The average molecular weight is 459 g/mol. The summed E-state index contributed by atoms with van der Waals surface area (Å²) in [6.07, 6.45) is 0.171. The molecule has 1 heterocycles. The van der Waals surface area contributed by atoms with Crippen molar-refractivity contribution in [2.75, 3.05) is 6.79 Å². The predicted octanol–water partition coefficient (Wildman–Crippen LogP) is 1.23. The van der Waals surface area contributed by atoms with E-state index in [9.17, 15) is 19.5 Å². The Kier molecular flexibility index (Phi) is 7.07. The van der Waals surface area contributed by atoms with Gasteiger partial charge in [-0.25, -0.2) is 0 Å². The molecule has 0 unspecified atom stereocenters. The summed E-state index contributed by atoms with van der Waals surface area (Å²) in [5.74, 6) is -1.35.